The van der Waals surface area contributed by atoms with Crippen LogP contribution in [-0.4, -0.2) is 96.1 Å². The van der Waals surface area contributed by atoms with Crippen LogP contribution >= 0.6 is 22.6 Å². The molecule has 7 heterocycles. The second-order valence-electron chi connectivity index (χ2n) is 11.4. The average molecular weight is 1090 g/mol. The molecule has 0 bridgehead atoms. The molecule has 0 spiro atoms. The maximum Gasteiger partial charge on any atom is 0.351 e. The fraction of sp³-hybridized carbons (Fsp3) is 0.613. The number of nitrogen functional groups attached to an aromatic ring is 2. The quantitative estimate of drug-likeness (QED) is 0.224. The summed E-state index contributed by atoms with van der Waals surface area (Å²) < 4.78 is 46.6. The van der Waals surface area contributed by atoms with Crippen molar-refractivity contribution in [2.45, 2.75) is 88.0 Å². The van der Waals surface area contributed by atoms with E-state index in [1.165, 1.54) is 38.2 Å². The summed E-state index contributed by atoms with van der Waals surface area (Å²) in [5.41, 5.74) is 16.5. The summed E-state index contributed by atoms with van der Waals surface area (Å²) in [5, 5.41) is 8.77. The smallest absolute Gasteiger partial charge is 0.351 e. The standard InChI is InChI=1S/2C9H13N3O3.C8H11N3O4.C5H9IO2.Ac/c2*1-2-8-14-5-7(15-8)12-4-3-6(10)11-9(12)13;9-5-1-2-11(8(13)10-5)6-4-14-7(3-12)15-6;1-2-5-7-3-4(6)8-5;/h2*3-4,7-8H,2,5H2,1H3,(H2,10,11,13);1-2,6-7,12H,3-4H2,(H2,9,10,13);4-5H,2-3H2,1H3;/p-1/t2*7-,8-;6-,7-;;/m000../s1. The zero-order chi connectivity index (χ0) is 38.5. The van der Waals surface area contributed by atoms with Crippen molar-refractivity contribution in [1.29, 1.82) is 0 Å². The molecule has 21 nitrogen and oxygen atoms in total. The van der Waals surface area contributed by atoms with Gasteiger partial charge in [0.2, 0.25) is 5.69 Å². The number of hydrogen-bond donors (Lipinski definition) is 3. The molecular weight excluding hydrogens is 1040 g/mol. The Morgan fingerprint density at radius 2 is 1.04 bits per heavy atom. The van der Waals surface area contributed by atoms with Crippen LogP contribution in [0.3, 0.4) is 0 Å². The van der Waals surface area contributed by atoms with Gasteiger partial charge in [0.1, 0.15) is 15.7 Å². The van der Waals surface area contributed by atoms with Crippen molar-refractivity contribution < 1.29 is 87.1 Å². The fourth-order valence-electron chi connectivity index (χ4n) is 4.85. The van der Waals surface area contributed by atoms with Crippen molar-refractivity contribution in [3.63, 3.8) is 0 Å². The Morgan fingerprint density at radius 3 is 1.35 bits per heavy atom. The molecular formula is C31H45AcIN9O12-. The third-order valence-corrected chi connectivity index (χ3v) is 8.18. The molecule has 3 aromatic heterocycles. The van der Waals surface area contributed by atoms with E-state index < -0.39 is 42.0 Å². The van der Waals surface area contributed by atoms with Gasteiger partial charge in [-0.05, 0) is 60.1 Å². The zero-order valence-corrected chi connectivity index (χ0v) is 36.9. The van der Waals surface area contributed by atoms with E-state index in [-0.39, 0.29) is 97.7 Å². The van der Waals surface area contributed by atoms with Gasteiger partial charge in [-0.15, -0.1) is 0 Å². The molecule has 54 heavy (non-hydrogen) atoms. The van der Waals surface area contributed by atoms with Crippen molar-refractivity contribution in [3.05, 3.63) is 74.0 Å². The van der Waals surface area contributed by atoms with E-state index in [9.17, 15) is 14.4 Å². The first-order chi connectivity index (χ1) is 25.4. The first kappa shape index (κ1) is 46.2. The number of nitrogens with one attached hydrogen (secondary N) is 1. The molecule has 297 valence electrons. The molecule has 23 heteroatoms. The SMILES string of the molecule is CCC1OCC(I)O1.CC[C@H]1OC[C@@H](n2ccc(N)nc2=O)O1.CC[C@H]1OC[C@@H](n2ccc([NH-])nc2=O)O1.Nc1ccn([C@@H]2CO[C@H](CO)O2)c(=O)n1.[Ac]. The van der Waals surface area contributed by atoms with Gasteiger partial charge in [0.25, 0.3) is 0 Å². The first-order valence-electron chi connectivity index (χ1n) is 16.8. The Balaban J connectivity index is 0.000000197. The van der Waals surface area contributed by atoms with Gasteiger partial charge in [-0.3, -0.25) is 18.5 Å². The van der Waals surface area contributed by atoms with E-state index in [1.807, 2.05) is 13.8 Å². The molecule has 0 aromatic carbocycles. The number of aliphatic hydroxyl groups excluding tert-OH is 1. The van der Waals surface area contributed by atoms with Crippen molar-refractivity contribution >= 4 is 40.0 Å². The zero-order valence-electron chi connectivity index (χ0n) is 30.0. The van der Waals surface area contributed by atoms with Crippen molar-refractivity contribution in [1.82, 2.24) is 28.7 Å². The first-order valence-corrected chi connectivity index (χ1v) is 18.0. The Labute approximate surface area is 359 Å². The number of aliphatic hydroxyl groups is 1. The number of alkyl halides is 1. The maximum atomic E-state index is 11.5. The van der Waals surface area contributed by atoms with Gasteiger partial charge in [-0.2, -0.15) is 9.97 Å². The number of rotatable bonds is 7. The Kier molecular flexibility index (Phi) is 19.8. The average Bonchev–Trinajstić information content (AvgIpc) is 3.97. The number of aromatic nitrogens is 6. The van der Waals surface area contributed by atoms with Gasteiger partial charge in [0.05, 0.1) is 33.0 Å². The summed E-state index contributed by atoms with van der Waals surface area (Å²) in [6.45, 7) is 7.38. The van der Waals surface area contributed by atoms with Crippen LogP contribution in [0.4, 0.5) is 17.5 Å². The molecule has 4 aliphatic rings. The predicted molar refractivity (Wildman–Crippen MR) is 194 cm³/mol. The minimum atomic E-state index is -0.681. The van der Waals surface area contributed by atoms with E-state index in [0.717, 1.165) is 25.9 Å². The third-order valence-electron chi connectivity index (χ3n) is 7.53. The minimum absolute atomic E-state index is 0. The van der Waals surface area contributed by atoms with Crippen LogP contribution in [0.15, 0.2) is 51.2 Å². The minimum Gasteiger partial charge on any atom is -0.482 e. The predicted octanol–water partition coefficient (Wildman–Crippen LogP) is 1.54. The largest absolute Gasteiger partial charge is 0.482 e. The van der Waals surface area contributed by atoms with Crippen molar-refractivity contribution in [2.24, 2.45) is 0 Å². The van der Waals surface area contributed by atoms with Crippen molar-refractivity contribution in [2.75, 3.05) is 44.5 Å². The monoisotopic (exact) mass is 1090 g/mol. The summed E-state index contributed by atoms with van der Waals surface area (Å²) in [5.74, 6) is 0.332. The van der Waals surface area contributed by atoms with E-state index >= 15 is 0 Å². The second kappa shape index (κ2) is 23.2. The van der Waals surface area contributed by atoms with E-state index in [0.29, 0.717) is 13.2 Å². The molecule has 4 saturated heterocycles. The van der Waals surface area contributed by atoms with Gasteiger partial charge in [0, 0.05) is 62.7 Å². The van der Waals surface area contributed by atoms with E-state index in [4.69, 9.17) is 60.2 Å². The molecule has 2 unspecified atom stereocenters. The summed E-state index contributed by atoms with van der Waals surface area (Å²) >= 11 is 2.22. The van der Waals surface area contributed by atoms with Gasteiger partial charge >= 0.3 is 11.4 Å². The molecule has 3 aromatic rings. The second-order valence-corrected chi connectivity index (χ2v) is 12.8. The van der Waals surface area contributed by atoms with Crippen LogP contribution < -0.4 is 28.5 Å². The number of hydrogen-bond acceptors (Lipinski definition) is 17. The summed E-state index contributed by atoms with van der Waals surface area (Å²) in [6.07, 6.45) is 4.54. The van der Waals surface area contributed by atoms with Gasteiger partial charge < -0.3 is 65.2 Å². The number of ether oxygens (including phenoxy) is 8. The molecule has 4 fully saturated rings. The van der Waals surface area contributed by atoms with Gasteiger partial charge in [0.15, 0.2) is 43.8 Å². The topological polar surface area (TPSA) is 275 Å². The Morgan fingerprint density at radius 1 is 0.667 bits per heavy atom. The van der Waals surface area contributed by atoms with Crippen LogP contribution in [0, 0.1) is 44.1 Å². The number of anilines is 2. The maximum absolute atomic E-state index is 11.5. The Hall–Kier alpha value is -2.15. The molecule has 8 atom stereocenters. The van der Waals surface area contributed by atoms with E-state index in [1.54, 1.807) is 12.3 Å². The van der Waals surface area contributed by atoms with Crippen molar-refractivity contribution in [3.8, 4) is 0 Å². The molecule has 0 aliphatic carbocycles. The van der Waals surface area contributed by atoms with Crippen LogP contribution in [0.25, 0.3) is 5.73 Å². The molecule has 1 radical (unpaired) electrons. The molecule has 7 rings (SSSR count). The number of nitrogens with two attached hydrogens (primary N) is 2. The summed E-state index contributed by atoms with van der Waals surface area (Å²) in [4.78, 5) is 45.0. The summed E-state index contributed by atoms with van der Waals surface area (Å²) in [6, 6.07) is 4.51. The van der Waals surface area contributed by atoms with E-state index in [2.05, 4.69) is 44.5 Å². The number of nitrogens with zero attached hydrogens (tertiary/aromatic N) is 6. The third kappa shape index (κ3) is 13.8. The van der Waals surface area contributed by atoms with Crippen LogP contribution in [0.2, 0.25) is 0 Å². The molecule has 0 amide bonds. The van der Waals surface area contributed by atoms with Crippen LogP contribution in [0.5, 0.6) is 0 Å². The van der Waals surface area contributed by atoms with Gasteiger partial charge in [-0.1, -0.05) is 26.6 Å². The molecule has 0 saturated carbocycles. The molecule has 4 aliphatic heterocycles. The van der Waals surface area contributed by atoms with Gasteiger partial charge in [-0.25, -0.2) is 9.59 Å². The normalized spacial score (nSPS) is 27.1. The fourth-order valence-corrected chi connectivity index (χ4v) is 5.39. The number of halogens is 1. The molecule has 6 N–H and O–H groups in total. The van der Waals surface area contributed by atoms with Crippen LogP contribution in [0.1, 0.15) is 58.7 Å². The Bertz CT molecular complexity index is 1590. The summed E-state index contributed by atoms with van der Waals surface area (Å²) in [7, 11) is 0. The van der Waals surface area contributed by atoms with Crippen LogP contribution in [-0.2, 0) is 37.9 Å².